The normalized spacial score (nSPS) is 24.2. The standard InChI is InChI=1S/C18H19Cl2NO4/c1-10(18(24)25-9-11-6-7-12(19)8-15(11)20)21-16(22)13-4-2-3-5-14(13)17(21)23/h6-8,10,13-14H,2-5,9H2,1H3/t10-,13-,14-/m0/s1. The van der Waals surface area contributed by atoms with Crippen molar-refractivity contribution in [3.63, 3.8) is 0 Å². The molecule has 1 aromatic rings. The van der Waals surface area contributed by atoms with Crippen LogP contribution in [0.25, 0.3) is 0 Å². The Bertz CT molecular complexity index is 697. The Hall–Kier alpha value is -1.59. The molecule has 2 fully saturated rings. The summed E-state index contributed by atoms with van der Waals surface area (Å²) in [5.74, 6) is -1.66. The van der Waals surface area contributed by atoms with Gasteiger partial charge in [0.05, 0.1) is 11.8 Å². The number of halogens is 2. The topological polar surface area (TPSA) is 63.7 Å². The maximum Gasteiger partial charge on any atom is 0.329 e. The molecule has 1 heterocycles. The van der Waals surface area contributed by atoms with Gasteiger partial charge in [-0.15, -0.1) is 0 Å². The van der Waals surface area contributed by atoms with Crippen molar-refractivity contribution in [2.45, 2.75) is 45.3 Å². The first-order valence-electron chi connectivity index (χ1n) is 8.37. The summed E-state index contributed by atoms with van der Waals surface area (Å²) < 4.78 is 5.26. The van der Waals surface area contributed by atoms with Gasteiger partial charge in [0.15, 0.2) is 0 Å². The van der Waals surface area contributed by atoms with Crippen LogP contribution in [-0.4, -0.2) is 28.7 Å². The number of benzene rings is 1. The zero-order valence-electron chi connectivity index (χ0n) is 13.8. The van der Waals surface area contributed by atoms with Gasteiger partial charge in [0.1, 0.15) is 12.6 Å². The lowest BCUT2D eigenvalue weighted by Crippen LogP contribution is -2.44. The molecule has 1 saturated carbocycles. The molecule has 25 heavy (non-hydrogen) atoms. The van der Waals surface area contributed by atoms with Crippen LogP contribution in [0.15, 0.2) is 18.2 Å². The van der Waals surface area contributed by atoms with Gasteiger partial charge < -0.3 is 4.74 Å². The number of imide groups is 1. The molecule has 1 aliphatic carbocycles. The fourth-order valence-corrected chi connectivity index (χ4v) is 4.05. The molecule has 0 unspecified atom stereocenters. The minimum atomic E-state index is -0.934. The zero-order valence-corrected chi connectivity index (χ0v) is 15.3. The summed E-state index contributed by atoms with van der Waals surface area (Å²) in [7, 11) is 0. The van der Waals surface area contributed by atoms with E-state index in [2.05, 4.69) is 0 Å². The number of rotatable bonds is 4. The molecule has 2 aliphatic rings. The van der Waals surface area contributed by atoms with E-state index >= 15 is 0 Å². The molecular formula is C18H19Cl2NO4. The van der Waals surface area contributed by atoms with Gasteiger partial charge in [-0.25, -0.2) is 4.79 Å². The molecule has 1 aromatic carbocycles. The smallest absolute Gasteiger partial charge is 0.329 e. The summed E-state index contributed by atoms with van der Waals surface area (Å²) in [5.41, 5.74) is 0.611. The first kappa shape index (κ1) is 18.2. The highest BCUT2D eigenvalue weighted by atomic mass is 35.5. The van der Waals surface area contributed by atoms with E-state index in [9.17, 15) is 14.4 Å². The van der Waals surface area contributed by atoms with Crippen LogP contribution in [0, 0.1) is 11.8 Å². The van der Waals surface area contributed by atoms with E-state index in [1.165, 1.54) is 6.92 Å². The lowest BCUT2D eigenvalue weighted by atomic mass is 9.81. The molecule has 3 atom stereocenters. The van der Waals surface area contributed by atoms with Crippen molar-refractivity contribution in [3.05, 3.63) is 33.8 Å². The second-order valence-electron chi connectivity index (χ2n) is 6.56. The zero-order chi connectivity index (χ0) is 18.1. The minimum Gasteiger partial charge on any atom is -0.459 e. The fourth-order valence-electron chi connectivity index (χ4n) is 3.58. The van der Waals surface area contributed by atoms with Crippen LogP contribution >= 0.6 is 23.2 Å². The highest BCUT2D eigenvalue weighted by molar-refractivity contribution is 6.35. The second kappa shape index (κ2) is 7.34. The molecule has 3 rings (SSSR count). The van der Waals surface area contributed by atoms with Crippen molar-refractivity contribution < 1.29 is 19.1 Å². The molecule has 7 heteroatoms. The molecule has 0 spiro atoms. The summed E-state index contributed by atoms with van der Waals surface area (Å²) in [6.45, 7) is 1.49. The molecule has 1 saturated heterocycles. The largest absolute Gasteiger partial charge is 0.459 e. The van der Waals surface area contributed by atoms with Gasteiger partial charge in [-0.3, -0.25) is 14.5 Å². The molecule has 0 N–H and O–H groups in total. The van der Waals surface area contributed by atoms with Crippen LogP contribution in [0.2, 0.25) is 10.0 Å². The van der Waals surface area contributed by atoms with E-state index in [1.54, 1.807) is 18.2 Å². The van der Waals surface area contributed by atoms with Crippen LogP contribution in [0.4, 0.5) is 0 Å². The van der Waals surface area contributed by atoms with E-state index in [4.69, 9.17) is 27.9 Å². The van der Waals surface area contributed by atoms with Crippen molar-refractivity contribution in [3.8, 4) is 0 Å². The maximum absolute atomic E-state index is 12.5. The molecule has 5 nitrogen and oxygen atoms in total. The van der Waals surface area contributed by atoms with Crippen molar-refractivity contribution in [2.24, 2.45) is 11.8 Å². The van der Waals surface area contributed by atoms with E-state index in [1.807, 2.05) is 0 Å². The number of ether oxygens (including phenoxy) is 1. The van der Waals surface area contributed by atoms with Crippen molar-refractivity contribution in [2.75, 3.05) is 0 Å². The quantitative estimate of drug-likeness (QED) is 0.588. The van der Waals surface area contributed by atoms with Gasteiger partial charge in [-0.05, 0) is 31.9 Å². The summed E-state index contributed by atoms with van der Waals surface area (Å²) >= 11 is 11.9. The average Bonchev–Trinajstić information content (AvgIpc) is 2.85. The highest BCUT2D eigenvalue weighted by Gasteiger charge is 2.51. The van der Waals surface area contributed by atoms with Gasteiger partial charge in [0.2, 0.25) is 11.8 Å². The third-order valence-corrected chi connectivity index (χ3v) is 5.58. The number of fused-ring (bicyclic) bond motifs is 1. The van der Waals surface area contributed by atoms with E-state index in [0.29, 0.717) is 28.5 Å². The molecule has 0 bridgehead atoms. The second-order valence-corrected chi connectivity index (χ2v) is 7.41. The van der Waals surface area contributed by atoms with Crippen LogP contribution in [0.1, 0.15) is 38.2 Å². The molecular weight excluding hydrogens is 365 g/mol. The number of amides is 2. The lowest BCUT2D eigenvalue weighted by Gasteiger charge is -2.21. The predicted octanol–water partition coefficient (Wildman–Crippen LogP) is 3.60. The Morgan fingerprint density at radius 1 is 1.20 bits per heavy atom. The predicted molar refractivity (Wildman–Crippen MR) is 93.0 cm³/mol. The van der Waals surface area contributed by atoms with Crippen molar-refractivity contribution >= 4 is 41.0 Å². The summed E-state index contributed by atoms with van der Waals surface area (Å²) in [4.78, 5) is 38.5. The number of likely N-dealkylation sites (tertiary alicyclic amines) is 1. The fraction of sp³-hybridized carbons (Fsp3) is 0.500. The van der Waals surface area contributed by atoms with Gasteiger partial charge >= 0.3 is 5.97 Å². The average molecular weight is 384 g/mol. The van der Waals surface area contributed by atoms with Crippen LogP contribution < -0.4 is 0 Å². The maximum atomic E-state index is 12.5. The van der Waals surface area contributed by atoms with Crippen molar-refractivity contribution in [1.29, 1.82) is 0 Å². The minimum absolute atomic E-state index is 0.0394. The van der Waals surface area contributed by atoms with Crippen LogP contribution in [0.3, 0.4) is 0 Å². The molecule has 0 aromatic heterocycles. The highest BCUT2D eigenvalue weighted by Crippen LogP contribution is 2.39. The van der Waals surface area contributed by atoms with Crippen LogP contribution in [0.5, 0.6) is 0 Å². The summed E-state index contributed by atoms with van der Waals surface area (Å²) in [6.07, 6.45) is 3.33. The number of hydrogen-bond donors (Lipinski definition) is 0. The summed E-state index contributed by atoms with van der Waals surface area (Å²) in [5, 5.41) is 0.886. The van der Waals surface area contributed by atoms with Crippen LogP contribution in [-0.2, 0) is 25.7 Å². The third kappa shape index (κ3) is 3.53. The Balaban J connectivity index is 1.66. The van der Waals surface area contributed by atoms with Gasteiger partial charge in [0, 0.05) is 15.6 Å². The SMILES string of the molecule is C[C@@H](C(=O)OCc1ccc(Cl)cc1Cl)N1C(=O)[C@H]2CCCC[C@@H]2C1=O. The number of carbonyl (C=O) groups is 3. The molecule has 2 amide bonds. The Kier molecular flexibility index (Phi) is 5.35. The first-order chi connectivity index (χ1) is 11.9. The number of hydrogen-bond acceptors (Lipinski definition) is 4. The Labute approximate surface area is 156 Å². The molecule has 134 valence electrons. The van der Waals surface area contributed by atoms with E-state index in [-0.39, 0.29) is 30.3 Å². The monoisotopic (exact) mass is 383 g/mol. The van der Waals surface area contributed by atoms with E-state index < -0.39 is 12.0 Å². The molecule has 0 radical (unpaired) electrons. The van der Waals surface area contributed by atoms with Crippen molar-refractivity contribution in [1.82, 2.24) is 4.90 Å². The Morgan fingerprint density at radius 3 is 2.36 bits per heavy atom. The molecule has 1 aliphatic heterocycles. The number of nitrogens with zero attached hydrogens (tertiary/aromatic N) is 1. The van der Waals surface area contributed by atoms with Gasteiger partial charge in [-0.2, -0.15) is 0 Å². The van der Waals surface area contributed by atoms with Gasteiger partial charge in [-0.1, -0.05) is 42.1 Å². The summed E-state index contributed by atoms with van der Waals surface area (Å²) in [6, 6.07) is 3.95. The first-order valence-corrected chi connectivity index (χ1v) is 9.13. The van der Waals surface area contributed by atoms with E-state index in [0.717, 1.165) is 17.7 Å². The lowest BCUT2D eigenvalue weighted by molar-refractivity contribution is -0.159. The Morgan fingerprint density at radius 2 is 1.80 bits per heavy atom. The number of esters is 1. The third-order valence-electron chi connectivity index (χ3n) is 4.99. The van der Waals surface area contributed by atoms with Gasteiger partial charge in [0.25, 0.3) is 0 Å². The number of carbonyl (C=O) groups excluding carboxylic acids is 3.